The Kier molecular flexibility index (Phi) is 6.36. The summed E-state index contributed by atoms with van der Waals surface area (Å²) in [6.45, 7) is 3.55. The van der Waals surface area contributed by atoms with Crippen molar-refractivity contribution in [2.45, 2.75) is 25.8 Å². The van der Waals surface area contributed by atoms with Gasteiger partial charge in [0.25, 0.3) is 5.91 Å². The van der Waals surface area contributed by atoms with Gasteiger partial charge in [0.05, 0.1) is 0 Å². The number of aliphatic carboxylic acids is 1. The molecule has 1 aromatic heterocycles. The topological polar surface area (TPSA) is 123 Å². The van der Waals surface area contributed by atoms with Crippen molar-refractivity contribution in [1.29, 1.82) is 0 Å². The molecule has 9 nitrogen and oxygen atoms in total. The van der Waals surface area contributed by atoms with Gasteiger partial charge in [-0.1, -0.05) is 62.4 Å². The van der Waals surface area contributed by atoms with Crippen molar-refractivity contribution in [3.05, 3.63) is 71.4 Å². The number of amides is 2. The molecule has 4 rings (SSSR count). The zero-order valence-electron chi connectivity index (χ0n) is 19.1. The third kappa shape index (κ3) is 4.50. The number of anilines is 1. The Balaban J connectivity index is 1.41. The molecule has 0 radical (unpaired) electrons. The van der Waals surface area contributed by atoms with Crippen LogP contribution in [0.5, 0.6) is 0 Å². The maximum atomic E-state index is 12.5. The van der Waals surface area contributed by atoms with Gasteiger partial charge in [0.1, 0.15) is 18.3 Å². The molecule has 34 heavy (non-hydrogen) atoms. The molecule has 3 aromatic rings. The molecule has 176 valence electrons. The Morgan fingerprint density at radius 1 is 1.06 bits per heavy atom. The number of nitrogens with one attached hydrogen (secondary N) is 2. The van der Waals surface area contributed by atoms with Crippen molar-refractivity contribution in [2.75, 3.05) is 11.9 Å². The monoisotopic (exact) mass is 462 g/mol. The van der Waals surface area contributed by atoms with Gasteiger partial charge in [-0.05, 0) is 28.2 Å². The maximum absolute atomic E-state index is 12.5. The minimum Gasteiger partial charge on any atom is -0.480 e. The van der Waals surface area contributed by atoms with Crippen LogP contribution in [0.25, 0.3) is 11.1 Å². The van der Waals surface area contributed by atoms with Crippen molar-refractivity contribution in [3.63, 3.8) is 0 Å². The van der Waals surface area contributed by atoms with Gasteiger partial charge in [-0.3, -0.25) is 14.8 Å². The lowest BCUT2D eigenvalue weighted by molar-refractivity contribution is -0.140. The lowest BCUT2D eigenvalue weighted by Crippen LogP contribution is -2.44. The molecule has 1 heterocycles. The van der Waals surface area contributed by atoms with Gasteiger partial charge in [0.15, 0.2) is 5.82 Å². The molecule has 0 saturated carbocycles. The van der Waals surface area contributed by atoms with E-state index in [1.807, 2.05) is 36.4 Å². The molecule has 0 spiro atoms. The standard InChI is InChI=1S/C25H26N4O5/c1-14(2)22(24(31)32)27-23(30)20-12-21(28-29(20)3)26-25(33)34-13-19-17-10-6-4-8-15(17)16-9-5-7-11-18(16)19/h4-12,14,19,22H,13H2,1-3H3,(H,27,30)(H,31,32)(H,26,28,33)/t22-/m0/s1. The Morgan fingerprint density at radius 3 is 2.21 bits per heavy atom. The van der Waals surface area contributed by atoms with E-state index in [0.29, 0.717) is 0 Å². The van der Waals surface area contributed by atoms with Crippen LogP contribution in [-0.4, -0.2) is 45.5 Å². The Hall–Kier alpha value is -4.14. The lowest BCUT2D eigenvalue weighted by Gasteiger charge is -2.17. The number of hydrogen-bond acceptors (Lipinski definition) is 5. The minimum atomic E-state index is -1.12. The quantitative estimate of drug-likeness (QED) is 0.493. The summed E-state index contributed by atoms with van der Waals surface area (Å²) in [5.41, 5.74) is 4.58. The summed E-state index contributed by atoms with van der Waals surface area (Å²) in [5.74, 6) is -1.97. The summed E-state index contributed by atoms with van der Waals surface area (Å²) in [6.07, 6.45) is -0.697. The van der Waals surface area contributed by atoms with Crippen LogP contribution < -0.4 is 10.6 Å². The number of aryl methyl sites for hydroxylation is 1. The summed E-state index contributed by atoms with van der Waals surface area (Å²) >= 11 is 0. The van der Waals surface area contributed by atoms with Gasteiger partial charge in [-0.25, -0.2) is 9.59 Å². The highest BCUT2D eigenvalue weighted by Crippen LogP contribution is 2.44. The maximum Gasteiger partial charge on any atom is 0.412 e. The van der Waals surface area contributed by atoms with Crippen LogP contribution in [0, 0.1) is 5.92 Å². The summed E-state index contributed by atoms with van der Waals surface area (Å²) in [6, 6.07) is 16.4. The molecule has 3 N–H and O–H groups in total. The number of hydrogen-bond donors (Lipinski definition) is 3. The van der Waals surface area contributed by atoms with Crippen LogP contribution in [0.15, 0.2) is 54.6 Å². The molecule has 1 aliphatic rings. The lowest BCUT2D eigenvalue weighted by atomic mass is 9.98. The van der Waals surface area contributed by atoms with E-state index in [-0.39, 0.29) is 30.0 Å². The molecule has 0 aliphatic heterocycles. The Bertz CT molecular complexity index is 1200. The average molecular weight is 463 g/mol. The number of benzene rings is 2. The van der Waals surface area contributed by atoms with E-state index in [2.05, 4.69) is 27.9 Å². The molecule has 0 unspecified atom stereocenters. The fraction of sp³-hybridized carbons (Fsp3) is 0.280. The zero-order valence-corrected chi connectivity index (χ0v) is 19.1. The van der Waals surface area contributed by atoms with Crippen LogP contribution in [0.3, 0.4) is 0 Å². The van der Waals surface area contributed by atoms with Crippen LogP contribution in [-0.2, 0) is 16.6 Å². The molecule has 1 atom stereocenters. The second kappa shape index (κ2) is 9.38. The third-order valence-corrected chi connectivity index (χ3v) is 5.91. The molecule has 9 heteroatoms. The van der Waals surface area contributed by atoms with E-state index in [1.165, 1.54) is 17.8 Å². The highest BCUT2D eigenvalue weighted by Gasteiger charge is 2.29. The van der Waals surface area contributed by atoms with Crippen molar-refractivity contribution in [2.24, 2.45) is 13.0 Å². The number of aromatic nitrogens is 2. The number of carbonyl (C=O) groups excluding carboxylic acids is 2. The van der Waals surface area contributed by atoms with Crippen molar-refractivity contribution in [1.82, 2.24) is 15.1 Å². The number of nitrogens with zero attached hydrogens (tertiary/aromatic N) is 2. The SMILES string of the molecule is CC(C)[C@H](NC(=O)c1cc(NC(=O)OCC2c3ccccc3-c3ccccc32)nn1C)C(=O)O. The van der Waals surface area contributed by atoms with Crippen LogP contribution in [0.1, 0.15) is 41.4 Å². The highest BCUT2D eigenvalue weighted by molar-refractivity contribution is 5.96. The van der Waals surface area contributed by atoms with Crippen LogP contribution in [0.2, 0.25) is 0 Å². The molecule has 2 amide bonds. The summed E-state index contributed by atoms with van der Waals surface area (Å²) in [5, 5.41) is 18.4. The summed E-state index contributed by atoms with van der Waals surface area (Å²) in [4.78, 5) is 36.4. The number of carboxylic acids is 1. The van der Waals surface area contributed by atoms with Gasteiger partial charge in [0, 0.05) is 19.0 Å². The van der Waals surface area contributed by atoms with Crippen molar-refractivity contribution < 1.29 is 24.2 Å². The van der Waals surface area contributed by atoms with E-state index in [0.717, 1.165) is 22.3 Å². The predicted molar refractivity (Wildman–Crippen MR) is 126 cm³/mol. The van der Waals surface area contributed by atoms with Gasteiger partial charge in [-0.2, -0.15) is 5.10 Å². The zero-order chi connectivity index (χ0) is 24.4. The molecule has 0 saturated heterocycles. The van der Waals surface area contributed by atoms with Crippen LogP contribution >= 0.6 is 0 Å². The number of fused-ring (bicyclic) bond motifs is 3. The van der Waals surface area contributed by atoms with Crippen LogP contribution in [0.4, 0.5) is 10.6 Å². The second-order valence-electron chi connectivity index (χ2n) is 8.52. The van der Waals surface area contributed by atoms with Crippen molar-refractivity contribution >= 4 is 23.8 Å². The smallest absolute Gasteiger partial charge is 0.412 e. The predicted octanol–water partition coefficient (Wildman–Crippen LogP) is 3.62. The van der Waals surface area contributed by atoms with E-state index in [4.69, 9.17) is 4.74 Å². The van der Waals surface area contributed by atoms with Gasteiger partial charge in [0.2, 0.25) is 0 Å². The van der Waals surface area contributed by atoms with Crippen molar-refractivity contribution in [3.8, 4) is 11.1 Å². The average Bonchev–Trinajstić information content (AvgIpc) is 3.32. The number of carbonyl (C=O) groups is 3. The number of rotatable bonds is 7. The summed E-state index contributed by atoms with van der Waals surface area (Å²) < 4.78 is 6.77. The van der Waals surface area contributed by atoms with Gasteiger partial charge in [-0.15, -0.1) is 0 Å². The second-order valence-corrected chi connectivity index (χ2v) is 8.52. The normalized spacial score (nSPS) is 13.2. The Labute approximate surface area is 196 Å². The summed E-state index contributed by atoms with van der Waals surface area (Å²) in [7, 11) is 1.53. The van der Waals surface area contributed by atoms with E-state index >= 15 is 0 Å². The van der Waals surface area contributed by atoms with E-state index < -0.39 is 24.0 Å². The molecular formula is C25H26N4O5. The fourth-order valence-corrected chi connectivity index (χ4v) is 4.21. The largest absolute Gasteiger partial charge is 0.480 e. The molecule has 0 fully saturated rings. The molecule has 0 bridgehead atoms. The first-order valence-corrected chi connectivity index (χ1v) is 11.0. The molecule has 1 aliphatic carbocycles. The minimum absolute atomic E-state index is 0.0767. The van der Waals surface area contributed by atoms with E-state index in [9.17, 15) is 19.5 Å². The Morgan fingerprint density at radius 2 is 1.65 bits per heavy atom. The van der Waals surface area contributed by atoms with Gasteiger partial charge >= 0.3 is 12.1 Å². The first-order chi connectivity index (χ1) is 16.3. The number of ether oxygens (including phenoxy) is 1. The molecule has 2 aromatic carbocycles. The first-order valence-electron chi connectivity index (χ1n) is 11.0. The number of carboxylic acid groups (broad SMARTS) is 1. The van der Waals surface area contributed by atoms with E-state index in [1.54, 1.807) is 13.8 Å². The molecular weight excluding hydrogens is 436 g/mol. The highest BCUT2D eigenvalue weighted by atomic mass is 16.5. The first kappa shape index (κ1) is 23.0. The van der Waals surface area contributed by atoms with Gasteiger partial charge < -0.3 is 15.2 Å². The fourth-order valence-electron chi connectivity index (χ4n) is 4.21. The third-order valence-electron chi connectivity index (χ3n) is 5.91.